The Balaban J connectivity index is 2.28. The summed E-state index contributed by atoms with van der Waals surface area (Å²) >= 11 is 0. The molecule has 0 unspecified atom stereocenters. The fourth-order valence-electron chi connectivity index (χ4n) is 1.40. The molecule has 0 atom stereocenters. The van der Waals surface area contributed by atoms with Gasteiger partial charge in [0, 0.05) is 6.26 Å². The molecule has 6 nitrogen and oxygen atoms in total. The van der Waals surface area contributed by atoms with Crippen molar-refractivity contribution in [2.45, 2.75) is 11.5 Å². The third-order valence-corrected chi connectivity index (χ3v) is 3.39. The van der Waals surface area contributed by atoms with Crippen molar-refractivity contribution in [3.8, 4) is 11.6 Å². The lowest BCUT2D eigenvalue weighted by Gasteiger charge is -2.06. The summed E-state index contributed by atoms with van der Waals surface area (Å²) in [6.45, 7) is -0.242. The fourth-order valence-corrected chi connectivity index (χ4v) is 2.06. The number of aliphatic hydroxyl groups excluding tert-OH is 1. The Hall–Kier alpha value is -1.99. The molecule has 0 bridgehead atoms. The summed E-state index contributed by atoms with van der Waals surface area (Å²) in [5.74, 6) is 0.532. The van der Waals surface area contributed by atoms with Gasteiger partial charge >= 0.3 is 0 Å². The van der Waals surface area contributed by atoms with Crippen LogP contribution in [0.1, 0.15) is 5.69 Å². The number of nitrogens with zero attached hydrogens (tertiary/aromatic N) is 2. The van der Waals surface area contributed by atoms with Crippen LogP contribution in [0.5, 0.6) is 11.6 Å². The van der Waals surface area contributed by atoms with Crippen LogP contribution in [0, 0.1) is 0 Å². The predicted octanol–water partition coefficient (Wildman–Crippen LogP) is 1.16. The summed E-state index contributed by atoms with van der Waals surface area (Å²) < 4.78 is 28.3. The Morgan fingerprint density at radius 1 is 1.32 bits per heavy atom. The van der Waals surface area contributed by atoms with Gasteiger partial charge in [-0.15, -0.1) is 0 Å². The summed E-state index contributed by atoms with van der Waals surface area (Å²) in [7, 11) is -3.29. The standard InChI is InChI=1S/C12H12N2O4S/c1-19(16,17)11-4-2-3-10(5-11)18-12-7-13-6-9(8-15)14-12/h2-7,15H,8H2,1H3. The van der Waals surface area contributed by atoms with Gasteiger partial charge in [0.2, 0.25) is 5.88 Å². The molecular weight excluding hydrogens is 268 g/mol. The Kier molecular flexibility index (Phi) is 3.77. The van der Waals surface area contributed by atoms with Gasteiger partial charge in [-0.05, 0) is 18.2 Å². The van der Waals surface area contributed by atoms with Crippen molar-refractivity contribution < 1.29 is 18.3 Å². The molecule has 1 heterocycles. The second kappa shape index (κ2) is 5.33. The van der Waals surface area contributed by atoms with Gasteiger partial charge in [-0.3, -0.25) is 4.98 Å². The Morgan fingerprint density at radius 3 is 2.79 bits per heavy atom. The van der Waals surface area contributed by atoms with Gasteiger partial charge in [-0.25, -0.2) is 13.4 Å². The van der Waals surface area contributed by atoms with Crippen LogP contribution in [0.2, 0.25) is 0 Å². The number of aliphatic hydroxyl groups is 1. The SMILES string of the molecule is CS(=O)(=O)c1cccc(Oc2cncc(CO)n2)c1. The second-order valence-corrected chi connectivity index (χ2v) is 5.87. The highest BCUT2D eigenvalue weighted by molar-refractivity contribution is 7.90. The number of sulfone groups is 1. The maximum atomic E-state index is 11.4. The molecule has 0 aliphatic heterocycles. The molecule has 1 aromatic heterocycles. The molecule has 2 aromatic rings. The highest BCUT2D eigenvalue weighted by atomic mass is 32.2. The highest BCUT2D eigenvalue weighted by Crippen LogP contribution is 2.22. The molecule has 0 aliphatic carbocycles. The molecule has 7 heteroatoms. The van der Waals surface area contributed by atoms with E-state index in [1.807, 2.05) is 0 Å². The van der Waals surface area contributed by atoms with E-state index in [9.17, 15) is 8.42 Å². The molecule has 0 fully saturated rings. The van der Waals surface area contributed by atoms with Crippen molar-refractivity contribution in [2.75, 3.05) is 6.26 Å². The quantitative estimate of drug-likeness (QED) is 0.904. The molecular formula is C12H12N2O4S. The average molecular weight is 280 g/mol. The minimum absolute atomic E-state index is 0.163. The van der Waals surface area contributed by atoms with Crippen molar-refractivity contribution in [3.63, 3.8) is 0 Å². The van der Waals surface area contributed by atoms with E-state index < -0.39 is 9.84 Å². The fraction of sp³-hybridized carbons (Fsp3) is 0.167. The first-order chi connectivity index (χ1) is 8.99. The first kappa shape index (κ1) is 13.4. The van der Waals surface area contributed by atoms with Gasteiger partial charge in [0.05, 0.1) is 29.6 Å². The Labute approximate surface area is 110 Å². The zero-order chi connectivity index (χ0) is 13.9. The second-order valence-electron chi connectivity index (χ2n) is 3.86. The average Bonchev–Trinajstić information content (AvgIpc) is 2.38. The van der Waals surface area contributed by atoms with Crippen molar-refractivity contribution in [2.24, 2.45) is 0 Å². The molecule has 100 valence electrons. The number of hydrogen-bond donors (Lipinski definition) is 1. The van der Waals surface area contributed by atoms with Gasteiger partial charge in [0.15, 0.2) is 9.84 Å². The molecule has 1 aromatic carbocycles. The predicted molar refractivity (Wildman–Crippen MR) is 67.6 cm³/mol. The smallest absolute Gasteiger partial charge is 0.238 e. The van der Waals surface area contributed by atoms with Crippen LogP contribution >= 0.6 is 0 Å². The Bertz CT molecular complexity index is 686. The number of rotatable bonds is 4. The first-order valence-electron chi connectivity index (χ1n) is 5.39. The van der Waals surface area contributed by atoms with E-state index in [0.717, 1.165) is 6.26 Å². The van der Waals surface area contributed by atoms with Crippen molar-refractivity contribution >= 4 is 9.84 Å². The zero-order valence-electron chi connectivity index (χ0n) is 10.1. The number of aromatic nitrogens is 2. The molecule has 0 saturated heterocycles. The van der Waals surface area contributed by atoms with E-state index in [2.05, 4.69) is 9.97 Å². The molecule has 0 aliphatic rings. The van der Waals surface area contributed by atoms with Crippen LogP contribution < -0.4 is 4.74 Å². The lowest BCUT2D eigenvalue weighted by atomic mass is 10.3. The van der Waals surface area contributed by atoms with Crippen LogP contribution in [0.15, 0.2) is 41.6 Å². The van der Waals surface area contributed by atoms with Gasteiger partial charge in [0.25, 0.3) is 0 Å². The minimum atomic E-state index is -3.29. The monoisotopic (exact) mass is 280 g/mol. The van der Waals surface area contributed by atoms with E-state index >= 15 is 0 Å². The molecule has 0 radical (unpaired) electrons. The number of benzene rings is 1. The normalized spacial score (nSPS) is 11.3. The molecule has 2 rings (SSSR count). The third kappa shape index (κ3) is 3.49. The lowest BCUT2D eigenvalue weighted by Crippen LogP contribution is -1.98. The van der Waals surface area contributed by atoms with E-state index in [1.165, 1.54) is 24.5 Å². The number of ether oxygens (including phenoxy) is 1. The largest absolute Gasteiger partial charge is 0.437 e. The third-order valence-electron chi connectivity index (χ3n) is 2.28. The summed E-state index contributed by atoms with van der Waals surface area (Å²) in [4.78, 5) is 8.01. The molecule has 0 saturated carbocycles. The molecule has 1 N–H and O–H groups in total. The van der Waals surface area contributed by atoms with Crippen LogP contribution in [0.3, 0.4) is 0 Å². The lowest BCUT2D eigenvalue weighted by molar-refractivity contribution is 0.274. The number of hydrogen-bond acceptors (Lipinski definition) is 6. The van der Waals surface area contributed by atoms with Crippen LogP contribution in [0.25, 0.3) is 0 Å². The van der Waals surface area contributed by atoms with Gasteiger partial charge in [0.1, 0.15) is 5.75 Å². The van der Waals surface area contributed by atoms with Crippen molar-refractivity contribution in [1.82, 2.24) is 9.97 Å². The van der Waals surface area contributed by atoms with Gasteiger partial charge < -0.3 is 9.84 Å². The van der Waals surface area contributed by atoms with E-state index in [-0.39, 0.29) is 17.4 Å². The van der Waals surface area contributed by atoms with Gasteiger partial charge in [-0.2, -0.15) is 0 Å². The van der Waals surface area contributed by atoms with E-state index in [0.29, 0.717) is 11.4 Å². The Morgan fingerprint density at radius 2 is 2.11 bits per heavy atom. The van der Waals surface area contributed by atoms with Crippen molar-refractivity contribution in [1.29, 1.82) is 0 Å². The summed E-state index contributed by atoms with van der Waals surface area (Å²) in [5.41, 5.74) is 0.372. The highest BCUT2D eigenvalue weighted by Gasteiger charge is 2.09. The maximum absolute atomic E-state index is 11.4. The van der Waals surface area contributed by atoms with E-state index in [4.69, 9.17) is 9.84 Å². The molecule has 0 spiro atoms. The van der Waals surface area contributed by atoms with Crippen molar-refractivity contribution in [3.05, 3.63) is 42.4 Å². The maximum Gasteiger partial charge on any atom is 0.238 e. The molecule has 19 heavy (non-hydrogen) atoms. The zero-order valence-corrected chi connectivity index (χ0v) is 11.0. The van der Waals surface area contributed by atoms with Crippen LogP contribution in [0.4, 0.5) is 0 Å². The molecule has 0 amide bonds. The van der Waals surface area contributed by atoms with Crippen LogP contribution in [-0.2, 0) is 16.4 Å². The van der Waals surface area contributed by atoms with Crippen LogP contribution in [-0.4, -0.2) is 29.7 Å². The summed E-state index contributed by atoms with van der Waals surface area (Å²) in [6, 6.07) is 6.08. The first-order valence-corrected chi connectivity index (χ1v) is 7.28. The topological polar surface area (TPSA) is 89.4 Å². The van der Waals surface area contributed by atoms with E-state index in [1.54, 1.807) is 12.1 Å². The summed E-state index contributed by atoms with van der Waals surface area (Å²) in [5, 5.41) is 8.94. The summed E-state index contributed by atoms with van der Waals surface area (Å²) in [6.07, 6.45) is 3.92. The minimum Gasteiger partial charge on any atom is -0.437 e. The van der Waals surface area contributed by atoms with Gasteiger partial charge in [-0.1, -0.05) is 6.07 Å².